The molecule has 0 aromatic carbocycles. The van der Waals surface area contributed by atoms with Crippen LogP contribution < -0.4 is 0 Å². The van der Waals surface area contributed by atoms with Crippen molar-refractivity contribution in [3.63, 3.8) is 0 Å². The van der Waals surface area contributed by atoms with Gasteiger partial charge in [-0.25, -0.2) is 0 Å². The summed E-state index contributed by atoms with van der Waals surface area (Å²) in [5.41, 5.74) is 0. The average Bonchev–Trinajstić information content (AvgIpc) is 1.72. The van der Waals surface area contributed by atoms with Gasteiger partial charge in [-0.1, -0.05) is 20.8 Å². The van der Waals surface area contributed by atoms with Gasteiger partial charge in [0.15, 0.2) is 0 Å². The predicted octanol–water partition coefficient (Wildman–Crippen LogP) is 0.700. The van der Waals surface area contributed by atoms with E-state index in [0.717, 1.165) is 0 Å². The summed E-state index contributed by atoms with van der Waals surface area (Å²) in [6.07, 6.45) is 0. The fraction of sp³-hybridized carbons (Fsp3) is 1.00. The van der Waals surface area contributed by atoms with Crippen molar-refractivity contribution in [1.29, 1.82) is 0 Å². The van der Waals surface area contributed by atoms with Crippen LogP contribution in [0, 0.1) is 0 Å². The molecule has 0 atom stereocenters. The van der Waals surface area contributed by atoms with Gasteiger partial charge in [-0.2, -0.15) is 0 Å². The monoisotopic (exact) mass is 141 g/mol. The summed E-state index contributed by atoms with van der Waals surface area (Å²) in [6.45, 7) is 10.1. The molecule has 2 heteroatoms. The molecule has 0 aromatic rings. The average molecular weight is 141 g/mol. The first-order chi connectivity index (χ1) is 3.35. The van der Waals surface area contributed by atoms with Gasteiger partial charge in [0.1, 0.15) is 0 Å². The van der Waals surface area contributed by atoms with Crippen molar-refractivity contribution in [2.24, 2.45) is 0 Å². The molecule has 0 radical (unpaired) electrons. The standard InChI is InChI=1S/C6H15N.K.H/c1-4-7(5-2)6-3;;/h4-6H2,1-3H3;;. The molecule has 0 aromatic heterocycles. The molecule has 0 fully saturated rings. The molecule has 46 valence electrons. The summed E-state index contributed by atoms with van der Waals surface area (Å²) < 4.78 is 0. The van der Waals surface area contributed by atoms with Crippen molar-refractivity contribution in [3.8, 4) is 0 Å². The first-order valence-corrected chi connectivity index (χ1v) is 3.07. The van der Waals surface area contributed by atoms with Gasteiger partial charge in [0.05, 0.1) is 0 Å². The van der Waals surface area contributed by atoms with Crippen LogP contribution in [0.25, 0.3) is 0 Å². The molecule has 0 spiro atoms. The van der Waals surface area contributed by atoms with Crippen LogP contribution in [0.1, 0.15) is 20.8 Å². The molecule has 0 amide bonds. The molecule has 8 heavy (non-hydrogen) atoms. The number of nitrogens with zero attached hydrogens (tertiary/aromatic N) is 1. The van der Waals surface area contributed by atoms with Gasteiger partial charge in [0.25, 0.3) is 0 Å². The molecule has 0 bridgehead atoms. The molecule has 0 N–H and O–H groups in total. The van der Waals surface area contributed by atoms with Crippen LogP contribution in [-0.4, -0.2) is 75.9 Å². The van der Waals surface area contributed by atoms with E-state index in [1.165, 1.54) is 19.6 Å². The van der Waals surface area contributed by atoms with Crippen molar-refractivity contribution >= 4 is 51.4 Å². The second-order valence-corrected chi connectivity index (χ2v) is 1.62. The molecular formula is C6H16KN. The number of hydrogen-bond acceptors (Lipinski definition) is 1. The van der Waals surface area contributed by atoms with Gasteiger partial charge >= 0.3 is 51.4 Å². The Kier molecular flexibility index (Phi) is 13.2. The Bertz CT molecular complexity index is 30.0. The van der Waals surface area contributed by atoms with E-state index in [-0.39, 0.29) is 51.4 Å². The summed E-state index contributed by atoms with van der Waals surface area (Å²) in [5.74, 6) is 0. The Labute approximate surface area is 95.2 Å². The Morgan fingerprint density at radius 1 is 0.875 bits per heavy atom. The van der Waals surface area contributed by atoms with Gasteiger partial charge in [0.2, 0.25) is 0 Å². The van der Waals surface area contributed by atoms with Gasteiger partial charge in [-0.15, -0.1) is 0 Å². The van der Waals surface area contributed by atoms with Crippen LogP contribution in [0.2, 0.25) is 0 Å². The fourth-order valence-electron chi connectivity index (χ4n) is 0.671. The summed E-state index contributed by atoms with van der Waals surface area (Å²) in [6, 6.07) is 0. The van der Waals surface area contributed by atoms with Gasteiger partial charge in [-0.05, 0) is 19.6 Å². The van der Waals surface area contributed by atoms with Crippen molar-refractivity contribution in [1.82, 2.24) is 4.90 Å². The molecule has 0 saturated carbocycles. The van der Waals surface area contributed by atoms with E-state index in [4.69, 9.17) is 0 Å². The van der Waals surface area contributed by atoms with Gasteiger partial charge in [0, 0.05) is 0 Å². The zero-order chi connectivity index (χ0) is 5.70. The van der Waals surface area contributed by atoms with E-state index in [1.807, 2.05) is 0 Å². The van der Waals surface area contributed by atoms with Gasteiger partial charge in [-0.3, -0.25) is 0 Å². The zero-order valence-corrected chi connectivity index (χ0v) is 5.57. The SMILES string of the molecule is CCN(CC)CC.[KH]. The van der Waals surface area contributed by atoms with Crippen LogP contribution in [0.15, 0.2) is 0 Å². The number of rotatable bonds is 3. The third-order valence-electron chi connectivity index (χ3n) is 1.34. The van der Waals surface area contributed by atoms with E-state index in [9.17, 15) is 0 Å². The van der Waals surface area contributed by atoms with Crippen molar-refractivity contribution < 1.29 is 0 Å². The van der Waals surface area contributed by atoms with Crippen LogP contribution in [0.5, 0.6) is 0 Å². The molecule has 0 aliphatic rings. The van der Waals surface area contributed by atoms with Crippen LogP contribution in [0.4, 0.5) is 0 Å². The first kappa shape index (κ1) is 12.3. The molecule has 0 unspecified atom stereocenters. The van der Waals surface area contributed by atoms with E-state index < -0.39 is 0 Å². The Balaban J connectivity index is 0. The van der Waals surface area contributed by atoms with Crippen LogP contribution in [0.3, 0.4) is 0 Å². The topological polar surface area (TPSA) is 3.24 Å². The van der Waals surface area contributed by atoms with E-state index in [0.29, 0.717) is 0 Å². The van der Waals surface area contributed by atoms with Crippen molar-refractivity contribution in [2.75, 3.05) is 19.6 Å². The Morgan fingerprint density at radius 2 is 1.12 bits per heavy atom. The summed E-state index contributed by atoms with van der Waals surface area (Å²) in [7, 11) is 0. The summed E-state index contributed by atoms with van der Waals surface area (Å²) in [4.78, 5) is 2.38. The number of hydrogen-bond donors (Lipinski definition) is 0. The van der Waals surface area contributed by atoms with E-state index in [1.54, 1.807) is 0 Å². The maximum absolute atomic E-state index is 2.38. The molecule has 1 nitrogen and oxygen atoms in total. The third kappa shape index (κ3) is 5.73. The van der Waals surface area contributed by atoms with E-state index >= 15 is 0 Å². The quantitative estimate of drug-likeness (QED) is 0.523. The molecular weight excluding hydrogens is 125 g/mol. The molecule has 0 saturated heterocycles. The molecule has 0 heterocycles. The summed E-state index contributed by atoms with van der Waals surface area (Å²) >= 11 is 0. The first-order valence-electron chi connectivity index (χ1n) is 3.07. The van der Waals surface area contributed by atoms with Gasteiger partial charge < -0.3 is 4.90 Å². The predicted molar refractivity (Wildman–Crippen MR) is 40.6 cm³/mol. The fourth-order valence-corrected chi connectivity index (χ4v) is 0.671. The van der Waals surface area contributed by atoms with Crippen LogP contribution >= 0.6 is 0 Å². The molecule has 0 aliphatic heterocycles. The zero-order valence-electron chi connectivity index (χ0n) is 5.57. The van der Waals surface area contributed by atoms with Crippen molar-refractivity contribution in [2.45, 2.75) is 20.8 Å². The summed E-state index contributed by atoms with van der Waals surface area (Å²) in [5, 5.41) is 0. The minimum atomic E-state index is 0. The maximum atomic E-state index is 2.38. The van der Waals surface area contributed by atoms with E-state index in [2.05, 4.69) is 25.7 Å². The normalized spacial score (nSPS) is 9.00. The second kappa shape index (κ2) is 8.60. The minimum absolute atomic E-state index is 0. The Morgan fingerprint density at radius 3 is 1.12 bits per heavy atom. The second-order valence-electron chi connectivity index (χ2n) is 1.62. The molecule has 0 aliphatic carbocycles. The van der Waals surface area contributed by atoms with Crippen molar-refractivity contribution in [3.05, 3.63) is 0 Å². The molecule has 0 rings (SSSR count). The Hall–Kier alpha value is 1.60. The van der Waals surface area contributed by atoms with Crippen LogP contribution in [-0.2, 0) is 0 Å². The third-order valence-corrected chi connectivity index (χ3v) is 1.34.